The number of nitrogens with zero attached hydrogens (tertiary/aromatic N) is 1. The smallest absolute Gasteiger partial charge is 0.309 e. The summed E-state index contributed by atoms with van der Waals surface area (Å²) in [5.74, 6) is -0.00487. The number of halogens is 1. The van der Waals surface area contributed by atoms with Crippen LogP contribution in [0.2, 0.25) is 0 Å². The maximum atomic E-state index is 15.0. The average molecular weight is 434 g/mol. The average Bonchev–Trinajstić information content (AvgIpc) is 3.17. The number of hydrogen-bond donors (Lipinski definition) is 1. The predicted octanol–water partition coefficient (Wildman–Crippen LogP) is 5.98. The summed E-state index contributed by atoms with van der Waals surface area (Å²) in [5, 5.41) is 10.0. The molecule has 2 aliphatic carbocycles. The molecule has 166 valence electrons. The van der Waals surface area contributed by atoms with Gasteiger partial charge < -0.3 is 9.52 Å². The van der Waals surface area contributed by atoms with Crippen LogP contribution in [0.15, 0.2) is 46.9 Å². The summed E-state index contributed by atoms with van der Waals surface area (Å²) in [6.07, 6.45) is 7.94. The van der Waals surface area contributed by atoms with Crippen LogP contribution >= 0.6 is 0 Å². The fraction of sp³-hybridized carbons (Fsp3) is 0.444. The Morgan fingerprint density at radius 3 is 2.56 bits per heavy atom. The summed E-state index contributed by atoms with van der Waals surface area (Å²) < 4.78 is 21.1. The first-order valence-electron chi connectivity index (χ1n) is 11.8. The van der Waals surface area contributed by atoms with Crippen molar-refractivity contribution in [3.05, 3.63) is 59.4 Å². The lowest BCUT2D eigenvalue weighted by Crippen LogP contribution is -2.49. The summed E-state index contributed by atoms with van der Waals surface area (Å²) in [7, 11) is 0. The Balaban J connectivity index is 1.22. The van der Waals surface area contributed by atoms with E-state index in [9.17, 15) is 9.18 Å². The van der Waals surface area contributed by atoms with Crippen molar-refractivity contribution in [2.45, 2.75) is 50.5 Å². The zero-order valence-corrected chi connectivity index (χ0v) is 18.1. The molecule has 0 bridgehead atoms. The third kappa shape index (κ3) is 3.34. The molecule has 3 fully saturated rings. The van der Waals surface area contributed by atoms with E-state index >= 15 is 0 Å². The van der Waals surface area contributed by atoms with Gasteiger partial charge >= 0.3 is 5.97 Å². The number of furan rings is 1. The molecule has 0 spiro atoms. The number of fused-ring (bicyclic) bond motifs is 1. The second kappa shape index (κ2) is 7.45. The van der Waals surface area contributed by atoms with Crippen molar-refractivity contribution in [3.63, 3.8) is 0 Å². The first kappa shape index (κ1) is 20.0. The number of hydrogen-bond acceptors (Lipinski definition) is 3. The van der Waals surface area contributed by atoms with Gasteiger partial charge in [0, 0.05) is 25.0 Å². The topological polar surface area (TPSA) is 53.7 Å². The third-order valence-electron chi connectivity index (χ3n) is 8.03. The van der Waals surface area contributed by atoms with Crippen molar-refractivity contribution in [1.29, 1.82) is 0 Å². The minimum Gasteiger partial charge on any atom is -0.481 e. The Kier molecular flexibility index (Phi) is 4.65. The van der Waals surface area contributed by atoms with E-state index in [0.717, 1.165) is 22.5 Å². The van der Waals surface area contributed by atoms with E-state index in [1.807, 2.05) is 17.0 Å². The Hall–Kier alpha value is -2.66. The second-order valence-corrected chi connectivity index (χ2v) is 10.0. The van der Waals surface area contributed by atoms with E-state index in [2.05, 4.69) is 18.2 Å². The summed E-state index contributed by atoms with van der Waals surface area (Å²) in [6.45, 7) is 1.60. The molecule has 3 aromatic rings. The monoisotopic (exact) mass is 433 g/mol. The Labute approximate surface area is 187 Å². The van der Waals surface area contributed by atoms with Crippen LogP contribution in [0.1, 0.15) is 49.7 Å². The highest BCUT2D eigenvalue weighted by Gasteiger charge is 2.50. The molecule has 32 heavy (non-hydrogen) atoms. The van der Waals surface area contributed by atoms with Crippen LogP contribution in [0.4, 0.5) is 4.39 Å². The molecule has 6 rings (SSSR count). The van der Waals surface area contributed by atoms with E-state index in [4.69, 9.17) is 9.52 Å². The van der Waals surface area contributed by atoms with E-state index in [1.165, 1.54) is 44.1 Å². The van der Waals surface area contributed by atoms with Gasteiger partial charge in [-0.05, 0) is 72.4 Å². The van der Waals surface area contributed by atoms with Crippen molar-refractivity contribution in [2.75, 3.05) is 13.1 Å². The third-order valence-corrected chi connectivity index (χ3v) is 8.03. The van der Waals surface area contributed by atoms with Gasteiger partial charge in [0.1, 0.15) is 17.2 Å². The highest BCUT2D eigenvalue weighted by atomic mass is 19.1. The molecular weight excluding hydrogens is 405 g/mol. The maximum absolute atomic E-state index is 15.0. The van der Waals surface area contributed by atoms with E-state index in [1.54, 1.807) is 12.1 Å². The Bertz CT molecular complexity index is 1180. The molecule has 1 saturated heterocycles. The largest absolute Gasteiger partial charge is 0.481 e. The van der Waals surface area contributed by atoms with E-state index in [-0.39, 0.29) is 11.7 Å². The number of carboxylic acid groups (broad SMARTS) is 1. The van der Waals surface area contributed by atoms with Crippen molar-refractivity contribution in [3.8, 4) is 11.3 Å². The van der Waals surface area contributed by atoms with Crippen molar-refractivity contribution in [1.82, 2.24) is 4.90 Å². The summed E-state index contributed by atoms with van der Waals surface area (Å²) in [4.78, 5) is 13.0. The lowest BCUT2D eigenvalue weighted by molar-refractivity contribution is -0.147. The summed E-state index contributed by atoms with van der Waals surface area (Å²) in [6, 6.07) is 13.7. The molecule has 0 unspecified atom stereocenters. The molecular formula is C27H28FNO3. The van der Waals surface area contributed by atoms with Crippen LogP contribution in [0.5, 0.6) is 0 Å². The summed E-state index contributed by atoms with van der Waals surface area (Å²) >= 11 is 0. The minimum absolute atomic E-state index is 0.303. The highest BCUT2D eigenvalue weighted by Crippen LogP contribution is 2.58. The van der Waals surface area contributed by atoms with Gasteiger partial charge in [-0.3, -0.25) is 9.69 Å². The molecule has 0 radical (unpaired) electrons. The number of carboxylic acids is 1. The van der Waals surface area contributed by atoms with Gasteiger partial charge in [-0.2, -0.15) is 0 Å². The van der Waals surface area contributed by atoms with Gasteiger partial charge in [0.2, 0.25) is 0 Å². The SMILES string of the molecule is O=C(O)C1CN(Cc2ccc(-c3cc4ccc(C5(C6CCCC6)CC5)cc4o3)c(F)c2)C1. The fourth-order valence-electron chi connectivity index (χ4n) is 5.99. The van der Waals surface area contributed by atoms with E-state index < -0.39 is 5.97 Å². The molecule has 1 aromatic heterocycles. The second-order valence-electron chi connectivity index (χ2n) is 10.0. The molecule has 2 saturated carbocycles. The minimum atomic E-state index is -0.758. The van der Waals surface area contributed by atoms with Crippen LogP contribution < -0.4 is 0 Å². The van der Waals surface area contributed by atoms with Crippen LogP contribution in [-0.4, -0.2) is 29.1 Å². The molecule has 0 amide bonds. The molecule has 3 aliphatic rings. The van der Waals surface area contributed by atoms with Crippen LogP contribution in [0.3, 0.4) is 0 Å². The van der Waals surface area contributed by atoms with Gasteiger partial charge in [0.15, 0.2) is 0 Å². The van der Waals surface area contributed by atoms with E-state index in [0.29, 0.717) is 36.4 Å². The van der Waals surface area contributed by atoms with Crippen LogP contribution in [0.25, 0.3) is 22.3 Å². The van der Waals surface area contributed by atoms with Gasteiger partial charge in [-0.25, -0.2) is 4.39 Å². The number of benzene rings is 2. The zero-order chi connectivity index (χ0) is 21.9. The standard InChI is InChI=1S/C27H28FNO3/c28-23-11-17(14-29-15-19(16-29)26(30)31)5-8-22(23)25-12-18-6-7-21(13-24(18)32-25)27(9-10-27)20-3-1-2-4-20/h5-8,11-13,19-20H,1-4,9-10,14-16H2,(H,30,31). The molecule has 0 atom stereocenters. The molecule has 1 N–H and O–H groups in total. The van der Waals surface area contributed by atoms with Gasteiger partial charge in [-0.15, -0.1) is 0 Å². The van der Waals surface area contributed by atoms with Gasteiger partial charge in [0.05, 0.1) is 11.5 Å². The van der Waals surface area contributed by atoms with Crippen molar-refractivity contribution >= 4 is 16.9 Å². The van der Waals surface area contributed by atoms with Crippen molar-refractivity contribution in [2.24, 2.45) is 11.8 Å². The normalized spacial score (nSPS) is 21.2. The molecule has 5 heteroatoms. The Morgan fingerprint density at radius 1 is 1.09 bits per heavy atom. The quantitative estimate of drug-likeness (QED) is 0.520. The number of rotatable bonds is 6. The van der Waals surface area contributed by atoms with Crippen LogP contribution in [-0.2, 0) is 16.8 Å². The first-order chi connectivity index (χ1) is 15.5. The first-order valence-corrected chi connectivity index (χ1v) is 11.8. The molecule has 2 aromatic carbocycles. The van der Waals surface area contributed by atoms with Gasteiger partial charge in [-0.1, -0.05) is 31.0 Å². The molecule has 2 heterocycles. The number of likely N-dealkylation sites (tertiary alicyclic amines) is 1. The van der Waals surface area contributed by atoms with Gasteiger partial charge in [0.25, 0.3) is 0 Å². The van der Waals surface area contributed by atoms with Crippen LogP contribution in [0, 0.1) is 17.7 Å². The Morgan fingerprint density at radius 2 is 1.88 bits per heavy atom. The number of aliphatic carboxylic acids is 1. The van der Waals surface area contributed by atoms with Crippen molar-refractivity contribution < 1.29 is 18.7 Å². The summed E-state index contributed by atoms with van der Waals surface area (Å²) in [5.41, 5.74) is 3.89. The maximum Gasteiger partial charge on any atom is 0.309 e. The predicted molar refractivity (Wildman–Crippen MR) is 121 cm³/mol. The number of carbonyl (C=O) groups is 1. The molecule has 4 nitrogen and oxygen atoms in total. The molecule has 1 aliphatic heterocycles. The lowest BCUT2D eigenvalue weighted by atomic mass is 9.81. The fourth-order valence-corrected chi connectivity index (χ4v) is 5.99. The zero-order valence-electron chi connectivity index (χ0n) is 18.1. The lowest BCUT2D eigenvalue weighted by Gasteiger charge is -2.36. The highest BCUT2D eigenvalue weighted by molar-refractivity contribution is 5.84.